The third-order valence-electron chi connectivity index (χ3n) is 1.75. The minimum absolute atomic E-state index is 0.0227. The Kier molecular flexibility index (Phi) is 3.75. The second-order valence-electron chi connectivity index (χ2n) is 2.82. The third kappa shape index (κ3) is 3.02. The van der Waals surface area contributed by atoms with Crippen LogP contribution in [0.2, 0.25) is 0 Å². The first-order valence-corrected chi connectivity index (χ1v) is 4.21. The predicted octanol–water partition coefficient (Wildman–Crippen LogP) is 1.15. The Balaban J connectivity index is 2.69. The van der Waals surface area contributed by atoms with Crippen LogP contribution in [0.5, 0.6) is 0 Å². The molecule has 1 amide bonds. The number of hydrogen-bond acceptors (Lipinski definition) is 2. The summed E-state index contributed by atoms with van der Waals surface area (Å²) in [5.74, 6) is -2.52. The molecular formula is C10H8F2N2O. The van der Waals surface area contributed by atoms with Gasteiger partial charge in [-0.1, -0.05) is 12.1 Å². The van der Waals surface area contributed by atoms with Crippen LogP contribution in [0.1, 0.15) is 5.56 Å². The average Bonchev–Trinajstić information content (AvgIpc) is 2.22. The number of amides is 1. The van der Waals surface area contributed by atoms with E-state index >= 15 is 0 Å². The van der Waals surface area contributed by atoms with Crippen LogP contribution in [-0.4, -0.2) is 12.5 Å². The summed E-state index contributed by atoms with van der Waals surface area (Å²) in [5.41, 5.74) is -0.0227. The first kappa shape index (κ1) is 11.1. The summed E-state index contributed by atoms with van der Waals surface area (Å²) in [7, 11) is 0. The highest BCUT2D eigenvalue weighted by Crippen LogP contribution is 2.11. The molecule has 0 unspecified atom stereocenters. The van der Waals surface area contributed by atoms with Crippen molar-refractivity contribution in [1.29, 1.82) is 5.26 Å². The van der Waals surface area contributed by atoms with Gasteiger partial charge in [-0.2, -0.15) is 5.26 Å². The van der Waals surface area contributed by atoms with Crippen molar-refractivity contribution in [2.75, 3.05) is 6.54 Å². The van der Waals surface area contributed by atoms with Crippen LogP contribution in [-0.2, 0) is 11.2 Å². The minimum Gasteiger partial charge on any atom is -0.343 e. The third-order valence-corrected chi connectivity index (χ3v) is 1.75. The Morgan fingerprint density at radius 1 is 1.47 bits per heavy atom. The Morgan fingerprint density at radius 3 is 2.87 bits per heavy atom. The molecule has 0 aliphatic rings. The van der Waals surface area contributed by atoms with Gasteiger partial charge in [-0.05, 0) is 6.07 Å². The van der Waals surface area contributed by atoms with Gasteiger partial charge >= 0.3 is 0 Å². The van der Waals surface area contributed by atoms with E-state index in [0.717, 1.165) is 6.07 Å². The van der Waals surface area contributed by atoms with E-state index in [1.807, 2.05) is 0 Å². The van der Waals surface area contributed by atoms with Crippen molar-refractivity contribution in [1.82, 2.24) is 5.32 Å². The number of nitriles is 1. The van der Waals surface area contributed by atoms with Gasteiger partial charge in [0.2, 0.25) is 5.91 Å². The molecule has 1 aromatic carbocycles. The quantitative estimate of drug-likeness (QED) is 0.761. The maximum absolute atomic E-state index is 13.1. The van der Waals surface area contributed by atoms with Gasteiger partial charge in [0.1, 0.15) is 6.54 Å². The first-order valence-electron chi connectivity index (χ1n) is 4.21. The van der Waals surface area contributed by atoms with Crippen molar-refractivity contribution in [3.63, 3.8) is 0 Å². The molecule has 0 radical (unpaired) electrons. The Morgan fingerprint density at radius 2 is 2.20 bits per heavy atom. The van der Waals surface area contributed by atoms with Crippen LogP contribution in [0.4, 0.5) is 8.78 Å². The van der Waals surface area contributed by atoms with E-state index in [2.05, 4.69) is 5.32 Å². The number of halogens is 2. The molecule has 0 heterocycles. The van der Waals surface area contributed by atoms with Crippen LogP contribution in [0.15, 0.2) is 18.2 Å². The van der Waals surface area contributed by atoms with E-state index < -0.39 is 17.5 Å². The summed E-state index contributed by atoms with van der Waals surface area (Å²) in [4.78, 5) is 11.1. The molecule has 1 N–H and O–H groups in total. The van der Waals surface area contributed by atoms with Gasteiger partial charge in [0, 0.05) is 5.56 Å². The number of carbonyl (C=O) groups is 1. The average molecular weight is 210 g/mol. The lowest BCUT2D eigenvalue weighted by molar-refractivity contribution is -0.120. The minimum atomic E-state index is -1.02. The van der Waals surface area contributed by atoms with Gasteiger partial charge in [-0.25, -0.2) is 8.78 Å². The molecule has 3 nitrogen and oxygen atoms in total. The highest BCUT2D eigenvalue weighted by Gasteiger charge is 2.10. The lowest BCUT2D eigenvalue weighted by atomic mass is 10.1. The van der Waals surface area contributed by atoms with E-state index in [1.165, 1.54) is 12.1 Å². The molecule has 5 heteroatoms. The SMILES string of the molecule is N#CCNC(=O)Cc1cccc(F)c1F. The van der Waals surface area contributed by atoms with Crippen molar-refractivity contribution in [3.05, 3.63) is 35.4 Å². The summed E-state index contributed by atoms with van der Waals surface area (Å²) in [6.07, 6.45) is -0.273. The molecule has 78 valence electrons. The molecule has 0 saturated heterocycles. The van der Waals surface area contributed by atoms with Crippen LogP contribution < -0.4 is 5.32 Å². The summed E-state index contributed by atoms with van der Waals surface area (Å²) in [5, 5.41) is 10.4. The van der Waals surface area contributed by atoms with Crippen LogP contribution in [0.3, 0.4) is 0 Å². The van der Waals surface area contributed by atoms with Crippen molar-refractivity contribution in [3.8, 4) is 6.07 Å². The Labute approximate surface area is 85.3 Å². The number of carbonyl (C=O) groups excluding carboxylic acids is 1. The second kappa shape index (κ2) is 5.05. The number of rotatable bonds is 3. The molecule has 15 heavy (non-hydrogen) atoms. The normalized spacial score (nSPS) is 9.40. The fourth-order valence-electron chi connectivity index (χ4n) is 1.06. The summed E-state index contributed by atoms with van der Waals surface area (Å²) in [6.45, 7) is -0.143. The predicted molar refractivity (Wildman–Crippen MR) is 48.7 cm³/mol. The number of nitrogens with one attached hydrogen (secondary N) is 1. The van der Waals surface area contributed by atoms with Gasteiger partial charge in [0.25, 0.3) is 0 Å². The lowest BCUT2D eigenvalue weighted by Gasteiger charge is -2.03. The van der Waals surface area contributed by atoms with Gasteiger partial charge in [-0.15, -0.1) is 0 Å². The second-order valence-corrected chi connectivity index (χ2v) is 2.82. The number of hydrogen-bond donors (Lipinski definition) is 1. The van der Waals surface area contributed by atoms with Gasteiger partial charge in [0.15, 0.2) is 11.6 Å². The van der Waals surface area contributed by atoms with E-state index in [4.69, 9.17) is 5.26 Å². The lowest BCUT2D eigenvalue weighted by Crippen LogP contribution is -2.25. The Hall–Kier alpha value is -1.96. The monoisotopic (exact) mass is 210 g/mol. The molecular weight excluding hydrogens is 202 g/mol. The maximum Gasteiger partial charge on any atom is 0.225 e. The largest absolute Gasteiger partial charge is 0.343 e. The maximum atomic E-state index is 13.1. The molecule has 0 saturated carbocycles. The molecule has 1 rings (SSSR count). The molecule has 0 aliphatic carbocycles. The van der Waals surface area contributed by atoms with Crippen LogP contribution >= 0.6 is 0 Å². The fraction of sp³-hybridized carbons (Fsp3) is 0.200. The number of nitrogens with zero attached hydrogens (tertiary/aromatic N) is 1. The summed E-state index contributed by atoms with van der Waals surface area (Å²) >= 11 is 0. The molecule has 0 aromatic heterocycles. The van der Waals surface area contributed by atoms with E-state index in [-0.39, 0.29) is 18.5 Å². The van der Waals surface area contributed by atoms with Crippen LogP contribution in [0.25, 0.3) is 0 Å². The van der Waals surface area contributed by atoms with Crippen molar-refractivity contribution in [2.24, 2.45) is 0 Å². The summed E-state index contributed by atoms with van der Waals surface area (Å²) < 4.78 is 25.8. The van der Waals surface area contributed by atoms with Gasteiger partial charge < -0.3 is 5.32 Å². The zero-order valence-electron chi connectivity index (χ0n) is 7.76. The molecule has 0 spiro atoms. The van der Waals surface area contributed by atoms with E-state index in [9.17, 15) is 13.6 Å². The van der Waals surface area contributed by atoms with Gasteiger partial charge in [0.05, 0.1) is 12.5 Å². The zero-order chi connectivity index (χ0) is 11.3. The van der Waals surface area contributed by atoms with E-state index in [1.54, 1.807) is 6.07 Å². The first-order chi connectivity index (χ1) is 7.15. The molecule has 1 aromatic rings. The summed E-state index contributed by atoms with van der Waals surface area (Å²) in [6, 6.07) is 5.34. The van der Waals surface area contributed by atoms with Crippen molar-refractivity contribution in [2.45, 2.75) is 6.42 Å². The Bertz CT molecular complexity index is 412. The van der Waals surface area contributed by atoms with Gasteiger partial charge in [-0.3, -0.25) is 4.79 Å². The molecule has 0 atom stereocenters. The zero-order valence-corrected chi connectivity index (χ0v) is 7.76. The topological polar surface area (TPSA) is 52.9 Å². The molecule has 0 fully saturated rings. The smallest absolute Gasteiger partial charge is 0.225 e. The standard InChI is InChI=1S/C10H8F2N2O/c11-8-3-1-2-7(10(8)12)6-9(15)14-5-4-13/h1-3H,5-6H2,(H,14,15). The molecule has 0 aliphatic heterocycles. The van der Waals surface area contributed by atoms with Crippen molar-refractivity contribution >= 4 is 5.91 Å². The highest BCUT2D eigenvalue weighted by atomic mass is 19.2. The highest BCUT2D eigenvalue weighted by molar-refractivity contribution is 5.78. The fourth-order valence-corrected chi connectivity index (χ4v) is 1.06. The molecule has 0 bridgehead atoms. The van der Waals surface area contributed by atoms with E-state index in [0.29, 0.717) is 0 Å². The number of benzene rings is 1. The van der Waals surface area contributed by atoms with Crippen molar-refractivity contribution < 1.29 is 13.6 Å². The van der Waals surface area contributed by atoms with Crippen LogP contribution in [0, 0.1) is 23.0 Å².